The first-order valence-electron chi connectivity index (χ1n) is 5.51. The van der Waals surface area contributed by atoms with Gasteiger partial charge in [-0.1, -0.05) is 6.92 Å². The van der Waals surface area contributed by atoms with Crippen LogP contribution in [0.2, 0.25) is 0 Å². The number of rotatable bonds is 4. The highest BCUT2D eigenvalue weighted by Gasteiger charge is 2.53. The zero-order valence-electron chi connectivity index (χ0n) is 9.42. The van der Waals surface area contributed by atoms with Crippen LogP contribution in [-0.2, 0) is 23.8 Å². The quantitative estimate of drug-likeness (QED) is 0.518. The molecule has 2 bridgehead atoms. The van der Waals surface area contributed by atoms with Crippen molar-refractivity contribution in [1.29, 1.82) is 0 Å². The Morgan fingerprint density at radius 3 is 2.88 bits per heavy atom. The topological polar surface area (TPSA) is 61.8 Å². The Morgan fingerprint density at radius 2 is 2.31 bits per heavy atom. The lowest BCUT2D eigenvalue weighted by Gasteiger charge is -2.29. The first kappa shape index (κ1) is 11.4. The van der Waals surface area contributed by atoms with E-state index in [1.165, 1.54) is 6.92 Å². The molecule has 2 fully saturated rings. The number of esters is 1. The summed E-state index contributed by atoms with van der Waals surface area (Å²) < 4.78 is 15.7. The van der Waals surface area contributed by atoms with Crippen molar-refractivity contribution >= 4 is 12.4 Å². The van der Waals surface area contributed by atoms with E-state index in [-0.39, 0.29) is 36.1 Å². The van der Waals surface area contributed by atoms with Gasteiger partial charge in [0.05, 0.1) is 18.8 Å². The Bertz CT molecular complexity index is 288. The van der Waals surface area contributed by atoms with Crippen molar-refractivity contribution in [2.75, 3.05) is 6.61 Å². The number of ether oxygens (including phenoxy) is 3. The molecular formula is C11H16O5. The summed E-state index contributed by atoms with van der Waals surface area (Å²) in [5, 5.41) is 0. The minimum atomic E-state index is -0.269. The molecule has 0 amide bonds. The molecule has 2 aliphatic rings. The molecule has 90 valence electrons. The fourth-order valence-electron chi connectivity index (χ4n) is 2.77. The highest BCUT2D eigenvalue weighted by molar-refractivity contribution is 5.66. The van der Waals surface area contributed by atoms with E-state index in [1.807, 2.05) is 6.92 Å². The molecule has 0 spiro atoms. The average Bonchev–Trinajstić information content (AvgIpc) is 2.72. The number of fused-ring (bicyclic) bond motifs is 2. The molecule has 0 aromatic rings. The standard InChI is InChI=1S/C11H16O5/c1-6-8(4-14-5-12)9-3-10(11(6)16-9)15-7(2)13/h5-6,8-11H,3-4H2,1-2H3. The fourth-order valence-corrected chi connectivity index (χ4v) is 2.77. The van der Waals surface area contributed by atoms with Gasteiger partial charge in [0.2, 0.25) is 0 Å². The van der Waals surface area contributed by atoms with Crippen LogP contribution < -0.4 is 0 Å². The second-order valence-electron chi connectivity index (χ2n) is 4.48. The lowest BCUT2D eigenvalue weighted by molar-refractivity contribution is -0.150. The first-order chi connectivity index (χ1) is 7.63. The smallest absolute Gasteiger partial charge is 0.302 e. The summed E-state index contributed by atoms with van der Waals surface area (Å²) in [6.45, 7) is 4.30. The molecule has 5 heteroatoms. The van der Waals surface area contributed by atoms with E-state index in [1.54, 1.807) is 0 Å². The number of hydrogen-bond acceptors (Lipinski definition) is 5. The molecule has 0 aromatic heterocycles. The summed E-state index contributed by atoms with van der Waals surface area (Å²) in [4.78, 5) is 21.0. The van der Waals surface area contributed by atoms with E-state index in [9.17, 15) is 9.59 Å². The second-order valence-corrected chi connectivity index (χ2v) is 4.48. The second kappa shape index (κ2) is 4.41. The van der Waals surface area contributed by atoms with Gasteiger partial charge in [0.25, 0.3) is 6.47 Å². The summed E-state index contributed by atoms with van der Waals surface area (Å²) >= 11 is 0. The lowest BCUT2D eigenvalue weighted by Crippen LogP contribution is -2.39. The van der Waals surface area contributed by atoms with Crippen LogP contribution in [0.3, 0.4) is 0 Å². The molecule has 5 unspecified atom stereocenters. The Morgan fingerprint density at radius 1 is 1.56 bits per heavy atom. The van der Waals surface area contributed by atoms with Crippen molar-refractivity contribution < 1.29 is 23.8 Å². The highest BCUT2D eigenvalue weighted by Crippen LogP contribution is 2.44. The van der Waals surface area contributed by atoms with Crippen LogP contribution in [-0.4, -0.2) is 37.4 Å². The van der Waals surface area contributed by atoms with Crippen molar-refractivity contribution in [2.24, 2.45) is 11.8 Å². The molecule has 5 atom stereocenters. The Balaban J connectivity index is 1.94. The lowest BCUT2D eigenvalue weighted by atomic mass is 9.79. The van der Waals surface area contributed by atoms with Crippen LogP contribution in [0.4, 0.5) is 0 Å². The molecule has 0 aliphatic carbocycles. The van der Waals surface area contributed by atoms with Crippen LogP contribution >= 0.6 is 0 Å². The molecule has 0 N–H and O–H groups in total. The van der Waals surface area contributed by atoms with Crippen LogP contribution in [0, 0.1) is 11.8 Å². The molecule has 16 heavy (non-hydrogen) atoms. The maximum Gasteiger partial charge on any atom is 0.302 e. The molecule has 5 nitrogen and oxygen atoms in total. The molecule has 2 saturated heterocycles. The van der Waals surface area contributed by atoms with Crippen molar-refractivity contribution in [3.8, 4) is 0 Å². The zero-order valence-corrected chi connectivity index (χ0v) is 9.42. The van der Waals surface area contributed by atoms with Gasteiger partial charge in [-0.05, 0) is 5.92 Å². The summed E-state index contributed by atoms with van der Waals surface area (Å²) in [6, 6.07) is 0. The minimum Gasteiger partial charge on any atom is -0.467 e. The van der Waals surface area contributed by atoms with Gasteiger partial charge in [-0.3, -0.25) is 9.59 Å². The third kappa shape index (κ3) is 1.91. The van der Waals surface area contributed by atoms with Gasteiger partial charge in [-0.25, -0.2) is 0 Å². The van der Waals surface area contributed by atoms with Crippen LogP contribution in [0.25, 0.3) is 0 Å². The molecule has 2 rings (SSSR count). The van der Waals surface area contributed by atoms with Crippen LogP contribution in [0.5, 0.6) is 0 Å². The summed E-state index contributed by atoms with van der Waals surface area (Å²) in [5.41, 5.74) is 0. The van der Waals surface area contributed by atoms with E-state index in [0.29, 0.717) is 19.5 Å². The molecular weight excluding hydrogens is 212 g/mol. The van der Waals surface area contributed by atoms with E-state index in [4.69, 9.17) is 14.2 Å². The maximum absolute atomic E-state index is 10.9. The van der Waals surface area contributed by atoms with Gasteiger partial charge in [0, 0.05) is 19.3 Å². The van der Waals surface area contributed by atoms with Crippen molar-refractivity contribution in [1.82, 2.24) is 0 Å². The van der Waals surface area contributed by atoms with Crippen molar-refractivity contribution in [3.63, 3.8) is 0 Å². The zero-order chi connectivity index (χ0) is 11.7. The summed E-state index contributed by atoms with van der Waals surface area (Å²) in [5.74, 6) is 0.207. The van der Waals surface area contributed by atoms with Gasteiger partial charge < -0.3 is 14.2 Å². The van der Waals surface area contributed by atoms with Gasteiger partial charge in [0.1, 0.15) is 6.10 Å². The predicted octanol–water partition coefficient (Wildman–Crippen LogP) is 0.514. The normalized spacial score (nSPS) is 40.8. The summed E-state index contributed by atoms with van der Waals surface area (Å²) in [6.07, 6.45) is 0.574. The van der Waals surface area contributed by atoms with Gasteiger partial charge >= 0.3 is 5.97 Å². The predicted molar refractivity (Wildman–Crippen MR) is 53.5 cm³/mol. The Hall–Kier alpha value is -1.10. The largest absolute Gasteiger partial charge is 0.467 e. The monoisotopic (exact) mass is 228 g/mol. The van der Waals surface area contributed by atoms with Gasteiger partial charge in [-0.2, -0.15) is 0 Å². The van der Waals surface area contributed by atoms with Crippen molar-refractivity contribution in [3.05, 3.63) is 0 Å². The molecule has 0 radical (unpaired) electrons. The molecule has 0 aromatic carbocycles. The van der Waals surface area contributed by atoms with Crippen LogP contribution in [0.1, 0.15) is 20.3 Å². The van der Waals surface area contributed by atoms with E-state index in [2.05, 4.69) is 0 Å². The fraction of sp³-hybridized carbons (Fsp3) is 0.818. The average molecular weight is 228 g/mol. The SMILES string of the molecule is CC(=O)OC1CC2OC1C(C)C2COC=O. The van der Waals surface area contributed by atoms with Crippen molar-refractivity contribution in [2.45, 2.75) is 38.6 Å². The van der Waals surface area contributed by atoms with Crippen LogP contribution in [0.15, 0.2) is 0 Å². The maximum atomic E-state index is 10.9. The molecule has 0 saturated carbocycles. The van der Waals surface area contributed by atoms with E-state index >= 15 is 0 Å². The number of carbonyl (C=O) groups is 2. The van der Waals surface area contributed by atoms with Gasteiger partial charge in [-0.15, -0.1) is 0 Å². The third-order valence-corrected chi connectivity index (χ3v) is 3.51. The summed E-state index contributed by atoms with van der Waals surface area (Å²) in [7, 11) is 0. The molecule has 2 heterocycles. The minimum absolute atomic E-state index is 0.0456. The van der Waals surface area contributed by atoms with E-state index < -0.39 is 0 Å². The first-order valence-corrected chi connectivity index (χ1v) is 5.51. The highest BCUT2D eigenvalue weighted by atomic mass is 16.6. The number of carbonyl (C=O) groups excluding carboxylic acids is 2. The van der Waals surface area contributed by atoms with E-state index in [0.717, 1.165) is 0 Å². The number of hydrogen-bond donors (Lipinski definition) is 0. The van der Waals surface area contributed by atoms with Gasteiger partial charge in [0.15, 0.2) is 0 Å². The molecule has 2 aliphatic heterocycles. The third-order valence-electron chi connectivity index (χ3n) is 3.51. The Kier molecular flexibility index (Phi) is 3.14. The Labute approximate surface area is 94.0 Å².